The molecule has 0 spiro atoms. The summed E-state index contributed by atoms with van der Waals surface area (Å²) in [4.78, 5) is 24.9. The Morgan fingerprint density at radius 1 is 0.943 bits per heavy atom. The first-order valence-electron chi connectivity index (χ1n) is 10.9. The molecule has 4 N–H and O–H groups in total. The Kier molecular flexibility index (Phi) is 4.88. The average Bonchev–Trinajstić information content (AvgIpc) is 3.48. The molecule has 0 aliphatic heterocycles. The summed E-state index contributed by atoms with van der Waals surface area (Å²) in [6.07, 6.45) is 4.73. The highest BCUT2D eigenvalue weighted by Gasteiger charge is 2.12. The molecular formula is C25H19N9O. The number of hydrogen-bond acceptors (Lipinski definition) is 7. The van der Waals surface area contributed by atoms with Gasteiger partial charge in [-0.3, -0.25) is 9.89 Å². The van der Waals surface area contributed by atoms with Crippen LogP contribution in [0, 0.1) is 6.92 Å². The minimum absolute atomic E-state index is 0.261. The molecule has 0 atom stereocenters. The molecule has 35 heavy (non-hydrogen) atoms. The van der Waals surface area contributed by atoms with Crippen molar-refractivity contribution in [1.82, 2.24) is 35.3 Å². The van der Waals surface area contributed by atoms with Crippen molar-refractivity contribution in [3.63, 3.8) is 0 Å². The number of aromatic amines is 2. The molecule has 0 aliphatic rings. The maximum Gasteiger partial charge on any atom is 0.272 e. The van der Waals surface area contributed by atoms with E-state index < -0.39 is 0 Å². The topological polar surface area (TPSA) is 137 Å². The first-order chi connectivity index (χ1) is 17.1. The standard InChI is InChI=1S/C25H19N9O/c1-14-19-12-17(4-5-20(19)34-33-14)29-23-7-8-26-24(32-23)16-3-2-15-10-22(31-21(15)11-16)25(35)30-18-6-9-27-28-13-18/h2-13,31H,1H3,(H,33,34)(H,26,29,32)(H,27,30,35). The molecule has 10 nitrogen and oxygen atoms in total. The number of rotatable bonds is 5. The number of H-pyrrole nitrogens is 2. The Morgan fingerprint density at radius 3 is 2.77 bits per heavy atom. The van der Waals surface area contributed by atoms with Crippen LogP contribution >= 0.6 is 0 Å². The maximum atomic E-state index is 12.6. The van der Waals surface area contributed by atoms with Crippen molar-refractivity contribution in [2.75, 3.05) is 10.6 Å². The van der Waals surface area contributed by atoms with Crippen LogP contribution in [0.4, 0.5) is 17.2 Å². The monoisotopic (exact) mass is 461 g/mol. The largest absolute Gasteiger partial charge is 0.350 e. The molecular weight excluding hydrogens is 442 g/mol. The zero-order valence-corrected chi connectivity index (χ0v) is 18.6. The van der Waals surface area contributed by atoms with Crippen LogP contribution in [-0.2, 0) is 0 Å². The van der Waals surface area contributed by atoms with E-state index in [2.05, 4.69) is 46.0 Å². The van der Waals surface area contributed by atoms with Gasteiger partial charge in [0, 0.05) is 39.4 Å². The minimum Gasteiger partial charge on any atom is -0.350 e. The fourth-order valence-electron chi connectivity index (χ4n) is 3.88. The molecule has 4 aromatic heterocycles. The predicted molar refractivity (Wildman–Crippen MR) is 133 cm³/mol. The molecule has 0 saturated carbocycles. The van der Waals surface area contributed by atoms with Gasteiger partial charge in [0.05, 0.1) is 23.6 Å². The zero-order chi connectivity index (χ0) is 23.8. The fraction of sp³-hybridized carbons (Fsp3) is 0.0400. The zero-order valence-electron chi connectivity index (χ0n) is 18.6. The van der Waals surface area contributed by atoms with E-state index in [1.165, 1.54) is 12.4 Å². The Bertz CT molecular complexity index is 1690. The number of carbonyl (C=O) groups is 1. The van der Waals surface area contributed by atoms with Crippen molar-refractivity contribution in [3.05, 3.63) is 84.6 Å². The van der Waals surface area contributed by atoms with E-state index in [0.717, 1.165) is 38.8 Å². The SMILES string of the molecule is Cc1[nH]nc2ccc(Nc3ccnc(-c4ccc5cc(C(=O)Nc6ccnnc6)[nH]c5c4)n3)cc12. The Labute approximate surface area is 198 Å². The summed E-state index contributed by atoms with van der Waals surface area (Å²) in [5.41, 5.74) is 5.49. The number of nitrogens with zero attached hydrogens (tertiary/aromatic N) is 5. The van der Waals surface area contributed by atoms with Crippen molar-refractivity contribution >= 4 is 44.9 Å². The second kappa shape index (κ2) is 8.34. The smallest absolute Gasteiger partial charge is 0.272 e. The van der Waals surface area contributed by atoms with Gasteiger partial charge in [0.25, 0.3) is 5.91 Å². The summed E-state index contributed by atoms with van der Waals surface area (Å²) in [5, 5.41) is 22.8. The molecule has 0 fully saturated rings. The first-order valence-corrected chi connectivity index (χ1v) is 10.9. The second-order valence-corrected chi connectivity index (χ2v) is 8.04. The van der Waals surface area contributed by atoms with Crippen molar-refractivity contribution in [1.29, 1.82) is 0 Å². The first kappa shape index (κ1) is 20.5. The number of anilines is 3. The molecule has 0 bridgehead atoms. The number of amides is 1. The summed E-state index contributed by atoms with van der Waals surface area (Å²) in [5.74, 6) is 0.983. The normalized spacial score (nSPS) is 11.1. The van der Waals surface area contributed by atoms with Crippen molar-refractivity contribution < 1.29 is 4.79 Å². The summed E-state index contributed by atoms with van der Waals surface area (Å²) in [6, 6.07) is 17.1. The van der Waals surface area contributed by atoms with E-state index in [0.29, 0.717) is 23.0 Å². The van der Waals surface area contributed by atoms with E-state index >= 15 is 0 Å². The third-order valence-electron chi connectivity index (χ3n) is 5.64. The molecule has 0 aliphatic carbocycles. The third kappa shape index (κ3) is 4.04. The predicted octanol–water partition coefficient (Wildman–Crippen LogP) is 4.60. The highest BCUT2D eigenvalue weighted by atomic mass is 16.1. The lowest BCUT2D eigenvalue weighted by Crippen LogP contribution is -2.12. The van der Waals surface area contributed by atoms with Gasteiger partial charge in [0.2, 0.25) is 0 Å². The van der Waals surface area contributed by atoms with Gasteiger partial charge in [0.1, 0.15) is 11.5 Å². The Morgan fingerprint density at radius 2 is 1.89 bits per heavy atom. The van der Waals surface area contributed by atoms with Gasteiger partial charge in [0.15, 0.2) is 5.82 Å². The van der Waals surface area contributed by atoms with Gasteiger partial charge in [-0.05, 0) is 49.4 Å². The number of aromatic nitrogens is 7. The van der Waals surface area contributed by atoms with E-state index in [1.807, 2.05) is 49.4 Å². The molecule has 0 radical (unpaired) electrons. The highest BCUT2D eigenvalue weighted by Crippen LogP contribution is 2.26. The van der Waals surface area contributed by atoms with Gasteiger partial charge in [-0.15, -0.1) is 0 Å². The van der Waals surface area contributed by atoms with Crippen LogP contribution in [0.1, 0.15) is 16.2 Å². The van der Waals surface area contributed by atoms with Gasteiger partial charge in [-0.25, -0.2) is 9.97 Å². The van der Waals surface area contributed by atoms with Crippen LogP contribution in [0.3, 0.4) is 0 Å². The summed E-state index contributed by atoms with van der Waals surface area (Å²) < 4.78 is 0. The summed E-state index contributed by atoms with van der Waals surface area (Å²) >= 11 is 0. The van der Waals surface area contributed by atoms with E-state index in [-0.39, 0.29) is 5.91 Å². The van der Waals surface area contributed by atoms with Crippen LogP contribution in [-0.4, -0.2) is 41.3 Å². The molecule has 2 aromatic carbocycles. The number of aryl methyl sites for hydroxylation is 1. The lowest BCUT2D eigenvalue weighted by Gasteiger charge is -2.07. The van der Waals surface area contributed by atoms with Crippen LogP contribution in [0.25, 0.3) is 33.2 Å². The maximum absolute atomic E-state index is 12.6. The van der Waals surface area contributed by atoms with Crippen LogP contribution < -0.4 is 10.6 Å². The van der Waals surface area contributed by atoms with Gasteiger partial charge >= 0.3 is 0 Å². The molecule has 0 unspecified atom stereocenters. The Hall–Kier alpha value is -5.12. The van der Waals surface area contributed by atoms with E-state index in [9.17, 15) is 4.79 Å². The number of benzene rings is 2. The van der Waals surface area contributed by atoms with Gasteiger partial charge in [-0.2, -0.15) is 15.3 Å². The lowest BCUT2D eigenvalue weighted by atomic mass is 10.1. The van der Waals surface area contributed by atoms with Crippen LogP contribution in [0.5, 0.6) is 0 Å². The highest BCUT2D eigenvalue weighted by molar-refractivity contribution is 6.06. The molecule has 10 heteroatoms. The Balaban J connectivity index is 1.25. The van der Waals surface area contributed by atoms with Crippen molar-refractivity contribution in [3.8, 4) is 11.4 Å². The minimum atomic E-state index is -0.261. The molecule has 0 saturated heterocycles. The third-order valence-corrected chi connectivity index (χ3v) is 5.64. The van der Waals surface area contributed by atoms with Crippen molar-refractivity contribution in [2.24, 2.45) is 0 Å². The van der Waals surface area contributed by atoms with Gasteiger partial charge < -0.3 is 15.6 Å². The summed E-state index contributed by atoms with van der Waals surface area (Å²) in [6.45, 7) is 1.99. The number of carbonyl (C=O) groups excluding carboxylic acids is 1. The average molecular weight is 461 g/mol. The molecule has 1 amide bonds. The van der Waals surface area contributed by atoms with E-state index in [4.69, 9.17) is 0 Å². The van der Waals surface area contributed by atoms with Crippen molar-refractivity contribution in [2.45, 2.75) is 6.92 Å². The lowest BCUT2D eigenvalue weighted by molar-refractivity contribution is 0.102. The number of hydrogen-bond donors (Lipinski definition) is 4. The van der Waals surface area contributed by atoms with E-state index in [1.54, 1.807) is 18.3 Å². The van der Waals surface area contributed by atoms with Crippen LogP contribution in [0.2, 0.25) is 0 Å². The van der Waals surface area contributed by atoms with Crippen LogP contribution in [0.15, 0.2) is 73.2 Å². The quantitative estimate of drug-likeness (QED) is 0.294. The molecule has 6 aromatic rings. The summed E-state index contributed by atoms with van der Waals surface area (Å²) in [7, 11) is 0. The molecule has 6 rings (SSSR count). The number of fused-ring (bicyclic) bond motifs is 2. The number of nitrogens with one attached hydrogen (secondary N) is 4. The molecule has 4 heterocycles. The van der Waals surface area contributed by atoms with Gasteiger partial charge in [-0.1, -0.05) is 12.1 Å². The second-order valence-electron chi connectivity index (χ2n) is 8.04. The molecule has 170 valence electrons. The fourth-order valence-corrected chi connectivity index (χ4v) is 3.88.